The third-order valence-electron chi connectivity index (χ3n) is 5.24. The first-order valence-electron chi connectivity index (χ1n) is 9.61. The summed E-state index contributed by atoms with van der Waals surface area (Å²) in [5.74, 6) is -0.202. The van der Waals surface area contributed by atoms with E-state index in [1.807, 2.05) is 36.7 Å². The maximum absolute atomic E-state index is 13.1. The summed E-state index contributed by atoms with van der Waals surface area (Å²) in [6, 6.07) is 17.4. The third kappa shape index (κ3) is 4.58. The fourth-order valence-corrected chi connectivity index (χ4v) is 3.81. The largest absolute Gasteiger partial charge is 0.290 e. The van der Waals surface area contributed by atoms with Crippen molar-refractivity contribution in [3.05, 3.63) is 95.3 Å². The molecule has 0 N–H and O–H groups in total. The van der Waals surface area contributed by atoms with Crippen LogP contribution >= 0.6 is 0 Å². The predicted octanol–water partition coefficient (Wildman–Crippen LogP) is 4.93. The summed E-state index contributed by atoms with van der Waals surface area (Å²) in [5.41, 5.74) is 4.47. The quantitative estimate of drug-likeness (QED) is 0.645. The minimum absolute atomic E-state index is 0.202. The lowest BCUT2D eigenvalue weighted by atomic mass is 9.95. The van der Waals surface area contributed by atoms with E-state index >= 15 is 0 Å². The molecule has 0 aliphatic carbocycles. The molecule has 1 atom stereocenters. The van der Waals surface area contributed by atoms with Gasteiger partial charge in [0.15, 0.2) is 0 Å². The van der Waals surface area contributed by atoms with Crippen LogP contribution in [0.3, 0.4) is 0 Å². The van der Waals surface area contributed by atoms with Crippen molar-refractivity contribution < 1.29 is 4.39 Å². The molecule has 2 aromatic heterocycles. The lowest BCUT2D eigenvalue weighted by Crippen LogP contribution is -2.33. The van der Waals surface area contributed by atoms with Crippen LogP contribution in [0.2, 0.25) is 0 Å². The Hall–Kier alpha value is -2.59. The second kappa shape index (κ2) is 8.40. The number of hydrogen-bond donors (Lipinski definition) is 0. The number of piperidine rings is 1. The van der Waals surface area contributed by atoms with Gasteiger partial charge in [-0.1, -0.05) is 30.7 Å². The van der Waals surface area contributed by atoms with Crippen LogP contribution in [-0.4, -0.2) is 21.4 Å². The minimum atomic E-state index is -0.202. The van der Waals surface area contributed by atoms with Gasteiger partial charge in [0.05, 0.1) is 5.69 Å². The summed E-state index contributed by atoms with van der Waals surface area (Å²) in [4.78, 5) is 11.7. The Bertz CT molecular complexity index is 847. The van der Waals surface area contributed by atoms with Gasteiger partial charge in [-0.15, -0.1) is 0 Å². The lowest BCUT2D eigenvalue weighted by Gasteiger charge is -2.35. The van der Waals surface area contributed by atoms with E-state index in [0.717, 1.165) is 42.9 Å². The van der Waals surface area contributed by atoms with Gasteiger partial charge in [0.1, 0.15) is 5.82 Å². The Kier molecular flexibility index (Phi) is 5.54. The predicted molar refractivity (Wildman–Crippen MR) is 105 cm³/mol. The second-order valence-corrected chi connectivity index (χ2v) is 7.19. The molecular weight excluding hydrogens is 337 g/mol. The number of halogens is 1. The summed E-state index contributed by atoms with van der Waals surface area (Å²) in [6.45, 7) is 1.97. The van der Waals surface area contributed by atoms with Crippen LogP contribution in [0.5, 0.6) is 0 Å². The number of rotatable bonds is 5. The van der Waals surface area contributed by atoms with Gasteiger partial charge in [-0.25, -0.2) is 4.39 Å². The molecule has 0 bridgehead atoms. The molecular formula is C23H24FN3. The molecule has 0 saturated carbocycles. The maximum atomic E-state index is 13.1. The SMILES string of the molecule is Fc1ccc(Cc2ccc([C@@H]3CCCCN3Cc3ccccn3)cn2)cc1. The fraction of sp³-hybridized carbons (Fsp3) is 0.304. The summed E-state index contributed by atoms with van der Waals surface area (Å²) in [5, 5.41) is 0. The molecule has 4 heteroatoms. The Morgan fingerprint density at radius 3 is 2.56 bits per heavy atom. The van der Waals surface area contributed by atoms with Crippen LogP contribution in [-0.2, 0) is 13.0 Å². The van der Waals surface area contributed by atoms with Crippen molar-refractivity contribution in [2.45, 2.75) is 38.3 Å². The molecule has 3 heterocycles. The molecule has 0 spiro atoms. The zero-order valence-electron chi connectivity index (χ0n) is 15.4. The Morgan fingerprint density at radius 1 is 0.926 bits per heavy atom. The van der Waals surface area contributed by atoms with E-state index in [4.69, 9.17) is 0 Å². The molecule has 3 aromatic rings. The van der Waals surface area contributed by atoms with E-state index in [2.05, 4.69) is 33.1 Å². The summed E-state index contributed by atoms with van der Waals surface area (Å²) in [6.07, 6.45) is 8.25. The first kappa shape index (κ1) is 17.8. The average Bonchev–Trinajstić information content (AvgIpc) is 2.72. The van der Waals surface area contributed by atoms with Crippen LogP contribution < -0.4 is 0 Å². The second-order valence-electron chi connectivity index (χ2n) is 7.19. The van der Waals surface area contributed by atoms with Crippen molar-refractivity contribution in [2.75, 3.05) is 6.54 Å². The van der Waals surface area contributed by atoms with Crippen LogP contribution in [0.25, 0.3) is 0 Å². The van der Waals surface area contributed by atoms with Crippen LogP contribution in [0.15, 0.2) is 67.0 Å². The fourth-order valence-electron chi connectivity index (χ4n) is 3.81. The van der Waals surface area contributed by atoms with Crippen molar-refractivity contribution >= 4 is 0 Å². The number of likely N-dealkylation sites (tertiary alicyclic amines) is 1. The molecule has 1 aliphatic heterocycles. The highest BCUT2D eigenvalue weighted by Gasteiger charge is 2.24. The van der Waals surface area contributed by atoms with Crippen molar-refractivity contribution in [1.29, 1.82) is 0 Å². The molecule has 4 rings (SSSR count). The molecule has 138 valence electrons. The molecule has 1 saturated heterocycles. The standard InChI is InChI=1S/C23H24FN3/c24-20-10-7-18(8-11-20)15-21-12-9-19(16-26-21)23-6-2-4-14-27(23)17-22-5-1-3-13-25-22/h1,3,5,7-13,16,23H,2,4,6,14-15,17H2/t23-/m0/s1. The number of pyridine rings is 2. The molecule has 0 unspecified atom stereocenters. The van der Waals surface area contributed by atoms with E-state index < -0.39 is 0 Å². The van der Waals surface area contributed by atoms with Crippen LogP contribution in [0.1, 0.15) is 47.8 Å². The highest BCUT2D eigenvalue weighted by Crippen LogP contribution is 2.31. The Morgan fingerprint density at radius 2 is 1.81 bits per heavy atom. The van der Waals surface area contributed by atoms with E-state index in [1.54, 1.807) is 0 Å². The Balaban J connectivity index is 1.46. The van der Waals surface area contributed by atoms with Crippen molar-refractivity contribution in [1.82, 2.24) is 14.9 Å². The van der Waals surface area contributed by atoms with Gasteiger partial charge in [-0.3, -0.25) is 14.9 Å². The maximum Gasteiger partial charge on any atom is 0.123 e. The molecule has 3 nitrogen and oxygen atoms in total. The molecule has 0 amide bonds. The first-order chi connectivity index (χ1) is 13.3. The zero-order chi connectivity index (χ0) is 18.5. The van der Waals surface area contributed by atoms with Crippen molar-refractivity contribution in [2.24, 2.45) is 0 Å². The third-order valence-corrected chi connectivity index (χ3v) is 5.24. The molecule has 0 radical (unpaired) electrons. The van der Waals surface area contributed by atoms with Crippen LogP contribution in [0.4, 0.5) is 4.39 Å². The monoisotopic (exact) mass is 361 g/mol. The smallest absolute Gasteiger partial charge is 0.123 e. The van der Waals surface area contributed by atoms with E-state index in [0.29, 0.717) is 6.04 Å². The number of aromatic nitrogens is 2. The highest BCUT2D eigenvalue weighted by atomic mass is 19.1. The topological polar surface area (TPSA) is 29.0 Å². The minimum Gasteiger partial charge on any atom is -0.290 e. The van der Waals surface area contributed by atoms with Crippen molar-refractivity contribution in [3.63, 3.8) is 0 Å². The zero-order valence-corrected chi connectivity index (χ0v) is 15.4. The van der Waals surface area contributed by atoms with Crippen LogP contribution in [0, 0.1) is 5.82 Å². The van der Waals surface area contributed by atoms with Gasteiger partial charge in [0.25, 0.3) is 0 Å². The van der Waals surface area contributed by atoms with Gasteiger partial charge in [-0.2, -0.15) is 0 Å². The van der Waals surface area contributed by atoms with Gasteiger partial charge in [-0.05, 0) is 60.8 Å². The molecule has 27 heavy (non-hydrogen) atoms. The van der Waals surface area contributed by atoms with Crippen molar-refractivity contribution in [3.8, 4) is 0 Å². The van der Waals surface area contributed by atoms with E-state index in [9.17, 15) is 4.39 Å². The Labute approximate surface area is 159 Å². The highest BCUT2D eigenvalue weighted by molar-refractivity contribution is 5.25. The number of nitrogens with zero attached hydrogens (tertiary/aromatic N) is 3. The number of benzene rings is 1. The molecule has 1 fully saturated rings. The summed E-state index contributed by atoms with van der Waals surface area (Å²) in [7, 11) is 0. The van der Waals surface area contributed by atoms with Gasteiger partial charge >= 0.3 is 0 Å². The average molecular weight is 361 g/mol. The first-order valence-corrected chi connectivity index (χ1v) is 9.61. The van der Waals surface area contributed by atoms with Gasteiger partial charge in [0, 0.05) is 37.1 Å². The summed E-state index contributed by atoms with van der Waals surface area (Å²) < 4.78 is 13.1. The normalized spacial score (nSPS) is 17.7. The molecule has 1 aromatic carbocycles. The van der Waals surface area contributed by atoms with Gasteiger partial charge in [0.2, 0.25) is 0 Å². The molecule has 1 aliphatic rings. The van der Waals surface area contributed by atoms with E-state index in [-0.39, 0.29) is 5.82 Å². The van der Waals surface area contributed by atoms with E-state index in [1.165, 1.54) is 30.5 Å². The summed E-state index contributed by atoms with van der Waals surface area (Å²) >= 11 is 0. The van der Waals surface area contributed by atoms with Gasteiger partial charge < -0.3 is 0 Å². The lowest BCUT2D eigenvalue weighted by molar-refractivity contribution is 0.138. The number of hydrogen-bond acceptors (Lipinski definition) is 3.